The van der Waals surface area contributed by atoms with Gasteiger partial charge in [0.2, 0.25) is 5.91 Å². The van der Waals surface area contributed by atoms with Gasteiger partial charge in [-0.15, -0.1) is 11.8 Å². The van der Waals surface area contributed by atoms with Gasteiger partial charge in [-0.3, -0.25) is 14.5 Å². The fourth-order valence-electron chi connectivity index (χ4n) is 4.94. The summed E-state index contributed by atoms with van der Waals surface area (Å²) >= 11 is 1.46. The maximum atomic E-state index is 14.7. The summed E-state index contributed by atoms with van der Waals surface area (Å²) < 4.78 is 21.8. The van der Waals surface area contributed by atoms with E-state index >= 15 is 0 Å². The Balaban J connectivity index is 1.12. The van der Waals surface area contributed by atoms with E-state index in [1.165, 1.54) is 23.9 Å². The number of carbonyl (C=O) groups excluding carboxylic acids is 2. The van der Waals surface area contributed by atoms with Crippen LogP contribution in [0.15, 0.2) is 52.2 Å². The molecule has 174 valence electrons. The predicted molar refractivity (Wildman–Crippen MR) is 127 cm³/mol. The molecule has 3 aliphatic rings. The average molecular weight is 481 g/mol. The molecule has 10 heteroatoms. The van der Waals surface area contributed by atoms with Gasteiger partial charge in [0.25, 0.3) is 5.56 Å². The quantitative estimate of drug-likeness (QED) is 0.584. The summed E-state index contributed by atoms with van der Waals surface area (Å²) in [6.45, 7) is 1.63. The summed E-state index contributed by atoms with van der Waals surface area (Å²) in [5, 5.41) is 6.98. The highest BCUT2D eigenvalue weighted by molar-refractivity contribution is 8.00. The van der Waals surface area contributed by atoms with Crippen molar-refractivity contribution in [2.24, 2.45) is 0 Å². The highest BCUT2D eigenvalue weighted by Gasteiger charge is 2.34. The zero-order chi connectivity index (χ0) is 23.4. The lowest BCUT2D eigenvalue weighted by Crippen LogP contribution is -2.33. The van der Waals surface area contributed by atoms with Crippen LogP contribution in [0.5, 0.6) is 0 Å². The van der Waals surface area contributed by atoms with Crippen LogP contribution in [0.4, 0.5) is 20.6 Å². The van der Waals surface area contributed by atoms with Crippen LogP contribution in [-0.4, -0.2) is 48.1 Å². The number of fused-ring (bicyclic) bond motifs is 1. The smallest absolute Gasteiger partial charge is 0.414 e. The Hall–Kier alpha value is -3.37. The normalized spacial score (nSPS) is 21.0. The highest BCUT2D eigenvalue weighted by Crippen LogP contribution is 2.36. The molecule has 0 aliphatic carbocycles. The molecule has 0 unspecified atom stereocenters. The van der Waals surface area contributed by atoms with E-state index in [2.05, 4.69) is 10.6 Å². The fourth-order valence-corrected chi connectivity index (χ4v) is 5.73. The number of aromatic nitrogens is 1. The number of halogens is 1. The number of thioether (sulfide) groups is 1. The monoisotopic (exact) mass is 480 g/mol. The van der Waals surface area contributed by atoms with Gasteiger partial charge in [0.1, 0.15) is 11.9 Å². The molecular weight excluding hydrogens is 459 g/mol. The number of rotatable bonds is 5. The summed E-state index contributed by atoms with van der Waals surface area (Å²) in [7, 11) is 0. The van der Waals surface area contributed by atoms with Crippen molar-refractivity contribution in [1.82, 2.24) is 9.88 Å². The van der Waals surface area contributed by atoms with Crippen LogP contribution in [-0.2, 0) is 16.1 Å². The predicted octanol–water partition coefficient (Wildman–Crippen LogP) is 2.90. The van der Waals surface area contributed by atoms with Crippen LogP contribution in [0, 0.1) is 5.82 Å². The van der Waals surface area contributed by atoms with E-state index in [1.807, 2.05) is 12.1 Å². The molecule has 0 saturated carbocycles. The number of ether oxygens (including phenoxy) is 1. The Bertz CT molecular complexity index is 1410. The maximum Gasteiger partial charge on any atom is 0.414 e. The third-order valence-electron chi connectivity index (χ3n) is 6.49. The Morgan fingerprint density at radius 3 is 2.82 bits per heavy atom. The van der Waals surface area contributed by atoms with Gasteiger partial charge in [0.05, 0.1) is 23.5 Å². The van der Waals surface area contributed by atoms with Gasteiger partial charge in [-0.05, 0) is 41.8 Å². The van der Waals surface area contributed by atoms with Crippen LogP contribution in [0.1, 0.15) is 11.5 Å². The zero-order valence-corrected chi connectivity index (χ0v) is 18.9. The molecule has 2 aromatic carbocycles. The molecule has 3 aliphatic heterocycles. The van der Waals surface area contributed by atoms with Gasteiger partial charge >= 0.3 is 6.09 Å². The zero-order valence-electron chi connectivity index (χ0n) is 18.0. The van der Waals surface area contributed by atoms with Gasteiger partial charge in [-0.2, -0.15) is 0 Å². The molecule has 1 saturated heterocycles. The van der Waals surface area contributed by atoms with Crippen molar-refractivity contribution in [3.63, 3.8) is 0 Å². The number of hydrogen-bond acceptors (Lipinski definition) is 6. The molecule has 0 radical (unpaired) electrons. The first-order chi connectivity index (χ1) is 16.5. The van der Waals surface area contributed by atoms with Crippen LogP contribution in [0.2, 0.25) is 0 Å². The molecule has 2 atom stereocenters. The minimum absolute atomic E-state index is 0.0656. The average Bonchev–Trinajstić information content (AvgIpc) is 3.39. The number of carbonyl (C=O) groups is 2. The molecule has 0 bridgehead atoms. The molecule has 1 fully saturated rings. The van der Waals surface area contributed by atoms with Gasteiger partial charge in [0.15, 0.2) is 0 Å². The van der Waals surface area contributed by atoms with E-state index in [0.29, 0.717) is 54.4 Å². The first-order valence-electron chi connectivity index (χ1n) is 11.1. The second-order valence-electron chi connectivity index (χ2n) is 8.67. The third kappa shape index (κ3) is 3.54. The number of pyridine rings is 1. The van der Waals surface area contributed by atoms with E-state index in [1.54, 1.807) is 27.7 Å². The van der Waals surface area contributed by atoms with Crippen LogP contribution in [0.3, 0.4) is 0 Å². The molecular formula is C24H21FN4O4S. The lowest BCUT2D eigenvalue weighted by Gasteiger charge is -2.20. The van der Waals surface area contributed by atoms with E-state index in [-0.39, 0.29) is 29.3 Å². The van der Waals surface area contributed by atoms with E-state index in [4.69, 9.17) is 4.74 Å². The molecule has 1 aromatic heterocycles. The minimum Gasteiger partial charge on any atom is -0.443 e. The summed E-state index contributed by atoms with van der Waals surface area (Å²) in [4.78, 5) is 39.0. The van der Waals surface area contributed by atoms with E-state index < -0.39 is 6.09 Å². The molecule has 3 aromatic rings. The summed E-state index contributed by atoms with van der Waals surface area (Å²) in [6.07, 6.45) is -0.822. The van der Waals surface area contributed by atoms with Gasteiger partial charge in [-0.25, -0.2) is 9.18 Å². The number of hydrogen-bond donors (Lipinski definition) is 2. The number of nitrogens with one attached hydrogen (secondary N) is 2. The van der Waals surface area contributed by atoms with E-state index in [0.717, 1.165) is 10.3 Å². The maximum absolute atomic E-state index is 14.7. The first-order valence-corrected chi connectivity index (χ1v) is 12.0. The number of cyclic esters (lactones) is 1. The Kier molecular flexibility index (Phi) is 5.07. The second-order valence-corrected chi connectivity index (χ2v) is 9.69. The first kappa shape index (κ1) is 21.2. The van der Waals surface area contributed by atoms with Crippen molar-refractivity contribution in [2.45, 2.75) is 23.5 Å². The third-order valence-corrected chi connectivity index (χ3v) is 7.57. The lowest BCUT2D eigenvalue weighted by atomic mass is 9.99. The molecule has 2 N–H and O–H groups in total. The van der Waals surface area contributed by atoms with Gasteiger partial charge in [-0.1, -0.05) is 0 Å². The Morgan fingerprint density at radius 1 is 1.09 bits per heavy atom. The van der Waals surface area contributed by atoms with Gasteiger partial charge < -0.3 is 19.9 Å². The molecule has 4 heterocycles. The SMILES string of the molecule is O=C1CSc2ccc(N3C[C@@H](CNC[C@@H]4Cn5c(=O)ccc6ccc(F)c4c65)OC3=O)cc2N1. The van der Waals surface area contributed by atoms with Crippen molar-refractivity contribution >= 4 is 46.0 Å². The second kappa shape index (κ2) is 8.14. The van der Waals surface area contributed by atoms with Crippen LogP contribution < -0.4 is 21.1 Å². The number of amides is 2. The lowest BCUT2D eigenvalue weighted by molar-refractivity contribution is -0.113. The fraction of sp³-hybridized carbons (Fsp3) is 0.292. The number of nitrogens with zero attached hydrogens (tertiary/aromatic N) is 2. The van der Waals surface area contributed by atoms with Crippen molar-refractivity contribution in [2.75, 3.05) is 35.6 Å². The molecule has 34 heavy (non-hydrogen) atoms. The summed E-state index contributed by atoms with van der Waals surface area (Å²) in [5.74, 6) is -0.185. The van der Waals surface area contributed by atoms with Crippen molar-refractivity contribution in [3.05, 3.63) is 64.2 Å². The molecule has 2 amide bonds. The van der Waals surface area contributed by atoms with Crippen molar-refractivity contribution in [1.29, 1.82) is 0 Å². The van der Waals surface area contributed by atoms with Crippen LogP contribution in [0.25, 0.3) is 10.9 Å². The Labute approximate surface area is 198 Å². The largest absolute Gasteiger partial charge is 0.443 e. The van der Waals surface area contributed by atoms with Crippen LogP contribution >= 0.6 is 11.8 Å². The summed E-state index contributed by atoms with van der Waals surface area (Å²) in [5.41, 5.74) is 2.44. The summed E-state index contributed by atoms with van der Waals surface area (Å²) in [6, 6.07) is 11.9. The van der Waals surface area contributed by atoms with Gasteiger partial charge in [0, 0.05) is 47.8 Å². The molecule has 8 nitrogen and oxygen atoms in total. The highest BCUT2D eigenvalue weighted by atomic mass is 32.2. The van der Waals surface area contributed by atoms with Crippen molar-refractivity contribution in [3.8, 4) is 0 Å². The Morgan fingerprint density at radius 2 is 1.94 bits per heavy atom. The van der Waals surface area contributed by atoms with Crippen molar-refractivity contribution < 1.29 is 18.7 Å². The number of anilines is 2. The topological polar surface area (TPSA) is 92.7 Å². The standard InChI is InChI=1S/C24H21FN4O4S/c25-17-4-1-13-2-6-21(31)29-10-14(22(17)23(13)29)8-26-9-16-11-28(24(32)33-16)15-3-5-19-18(7-15)27-20(30)12-34-19/h1-7,14,16,26H,8-12H2,(H,27,30)/t14-,16-/m1/s1. The minimum atomic E-state index is -0.447. The molecule has 6 rings (SSSR count). The van der Waals surface area contributed by atoms with E-state index in [9.17, 15) is 18.8 Å². The molecule has 0 spiro atoms. The number of benzene rings is 2.